The van der Waals surface area contributed by atoms with Crippen LogP contribution in [0.3, 0.4) is 0 Å². The summed E-state index contributed by atoms with van der Waals surface area (Å²) in [6.45, 7) is 1.23. The van der Waals surface area contributed by atoms with E-state index in [0.717, 1.165) is 17.5 Å². The van der Waals surface area contributed by atoms with Gasteiger partial charge >= 0.3 is 0 Å². The third kappa shape index (κ3) is 3.77. The van der Waals surface area contributed by atoms with E-state index in [1.54, 1.807) is 17.2 Å². The molecule has 146 valence electrons. The number of hydrogen-bond donors (Lipinski definition) is 2. The maximum absolute atomic E-state index is 10.3. The number of carbonyl (C=O) groups excluding carboxylic acids is 1. The van der Waals surface area contributed by atoms with Crippen LogP contribution in [0.4, 0.5) is 0 Å². The SMILES string of the molecule is NC(=O)/C=C/c1ccccc1.c1ccc2c(c1)C[C@H]1NCC[C@@]23CCCC[C@@H]13. The van der Waals surface area contributed by atoms with E-state index >= 15 is 0 Å². The van der Waals surface area contributed by atoms with Gasteiger partial charge in [-0.1, -0.05) is 67.4 Å². The molecule has 1 saturated heterocycles. The Balaban J connectivity index is 0.000000153. The van der Waals surface area contributed by atoms with Gasteiger partial charge in [0, 0.05) is 17.5 Å². The number of carbonyl (C=O) groups is 1. The average Bonchev–Trinajstić information content (AvgIpc) is 2.73. The van der Waals surface area contributed by atoms with Gasteiger partial charge in [-0.25, -0.2) is 0 Å². The van der Waals surface area contributed by atoms with Crippen molar-refractivity contribution in [1.29, 1.82) is 0 Å². The fraction of sp³-hybridized carbons (Fsp3) is 0.400. The number of nitrogens with two attached hydrogens (primary N) is 1. The first-order valence-corrected chi connectivity index (χ1v) is 10.5. The molecule has 3 N–H and O–H groups in total. The van der Waals surface area contributed by atoms with E-state index in [-0.39, 0.29) is 0 Å². The molecule has 3 nitrogen and oxygen atoms in total. The molecule has 2 aromatic carbocycles. The Morgan fingerprint density at radius 2 is 1.82 bits per heavy atom. The number of benzene rings is 2. The van der Waals surface area contributed by atoms with Crippen LogP contribution in [-0.2, 0) is 16.6 Å². The van der Waals surface area contributed by atoms with E-state index in [2.05, 4.69) is 29.6 Å². The maximum atomic E-state index is 10.3. The van der Waals surface area contributed by atoms with Crippen molar-refractivity contribution in [2.75, 3.05) is 6.54 Å². The third-order valence-electron chi connectivity index (χ3n) is 6.79. The zero-order valence-electron chi connectivity index (χ0n) is 16.4. The second-order valence-corrected chi connectivity index (χ2v) is 8.33. The van der Waals surface area contributed by atoms with E-state index in [9.17, 15) is 4.79 Å². The van der Waals surface area contributed by atoms with Crippen molar-refractivity contribution in [3.05, 3.63) is 77.4 Å². The highest BCUT2D eigenvalue weighted by Crippen LogP contribution is 2.53. The van der Waals surface area contributed by atoms with Gasteiger partial charge in [-0.05, 0) is 60.9 Å². The fourth-order valence-corrected chi connectivity index (χ4v) is 5.63. The van der Waals surface area contributed by atoms with Gasteiger partial charge in [0.25, 0.3) is 0 Å². The van der Waals surface area contributed by atoms with Gasteiger partial charge in [0.1, 0.15) is 0 Å². The van der Waals surface area contributed by atoms with Crippen LogP contribution in [0.5, 0.6) is 0 Å². The summed E-state index contributed by atoms with van der Waals surface area (Å²) in [5, 5.41) is 3.79. The molecule has 0 spiro atoms. The summed E-state index contributed by atoms with van der Waals surface area (Å²) >= 11 is 0. The second kappa shape index (κ2) is 8.32. The molecule has 2 fully saturated rings. The third-order valence-corrected chi connectivity index (χ3v) is 6.79. The number of hydrogen-bond acceptors (Lipinski definition) is 2. The van der Waals surface area contributed by atoms with Crippen molar-refractivity contribution in [3.63, 3.8) is 0 Å². The van der Waals surface area contributed by atoms with Crippen LogP contribution in [-0.4, -0.2) is 18.5 Å². The minimum Gasteiger partial charge on any atom is -0.366 e. The van der Waals surface area contributed by atoms with Crippen LogP contribution in [0.1, 0.15) is 48.8 Å². The largest absolute Gasteiger partial charge is 0.366 e. The Morgan fingerprint density at radius 1 is 1.04 bits per heavy atom. The molecule has 3 aliphatic rings. The van der Waals surface area contributed by atoms with Crippen molar-refractivity contribution >= 4 is 12.0 Å². The van der Waals surface area contributed by atoms with Gasteiger partial charge in [-0.3, -0.25) is 4.79 Å². The molecule has 0 unspecified atom stereocenters. The van der Waals surface area contributed by atoms with Gasteiger partial charge < -0.3 is 11.1 Å². The molecular formula is C25H30N2O. The molecule has 1 amide bonds. The molecule has 0 radical (unpaired) electrons. The molecule has 3 atom stereocenters. The summed E-state index contributed by atoms with van der Waals surface area (Å²) < 4.78 is 0. The summed E-state index contributed by atoms with van der Waals surface area (Å²) in [7, 11) is 0. The van der Waals surface area contributed by atoms with Gasteiger partial charge in [-0.15, -0.1) is 0 Å². The lowest BCUT2D eigenvalue weighted by Gasteiger charge is -2.56. The van der Waals surface area contributed by atoms with E-state index in [0.29, 0.717) is 5.41 Å². The highest BCUT2D eigenvalue weighted by atomic mass is 16.1. The average molecular weight is 375 g/mol. The number of rotatable bonds is 2. The normalized spacial score (nSPS) is 27.9. The molecule has 28 heavy (non-hydrogen) atoms. The monoisotopic (exact) mass is 374 g/mol. The lowest BCUT2D eigenvalue weighted by molar-refractivity contribution is -0.113. The van der Waals surface area contributed by atoms with Crippen molar-refractivity contribution in [1.82, 2.24) is 5.32 Å². The smallest absolute Gasteiger partial charge is 0.241 e. The summed E-state index contributed by atoms with van der Waals surface area (Å²) in [5.74, 6) is 0.494. The number of fused-ring (bicyclic) bond motifs is 1. The Hall–Kier alpha value is -2.39. The number of piperidine rings is 1. The maximum Gasteiger partial charge on any atom is 0.241 e. The zero-order chi connectivity index (χ0) is 19.4. The van der Waals surface area contributed by atoms with E-state index in [1.807, 2.05) is 30.3 Å². The van der Waals surface area contributed by atoms with Gasteiger partial charge in [0.2, 0.25) is 5.91 Å². The van der Waals surface area contributed by atoms with Crippen LogP contribution in [0.15, 0.2) is 60.7 Å². The van der Waals surface area contributed by atoms with Crippen LogP contribution < -0.4 is 11.1 Å². The van der Waals surface area contributed by atoms with Crippen LogP contribution in [0.25, 0.3) is 6.08 Å². The van der Waals surface area contributed by atoms with Crippen LogP contribution in [0.2, 0.25) is 0 Å². The molecule has 2 aliphatic carbocycles. The topological polar surface area (TPSA) is 55.1 Å². The summed E-state index contributed by atoms with van der Waals surface area (Å²) in [4.78, 5) is 10.3. The zero-order valence-corrected chi connectivity index (χ0v) is 16.4. The molecule has 1 heterocycles. The number of nitrogens with one attached hydrogen (secondary N) is 1. The van der Waals surface area contributed by atoms with Gasteiger partial charge in [0.05, 0.1) is 0 Å². The first kappa shape index (κ1) is 18.9. The summed E-state index contributed by atoms with van der Waals surface area (Å²) in [6, 6.07) is 19.5. The van der Waals surface area contributed by atoms with Gasteiger partial charge in [-0.2, -0.15) is 0 Å². The minimum atomic E-state index is -0.422. The highest BCUT2D eigenvalue weighted by Gasteiger charge is 2.51. The van der Waals surface area contributed by atoms with E-state index in [4.69, 9.17) is 5.73 Å². The number of primary amides is 1. The first-order valence-electron chi connectivity index (χ1n) is 10.5. The van der Waals surface area contributed by atoms with Gasteiger partial charge in [0.15, 0.2) is 0 Å². The van der Waals surface area contributed by atoms with E-state index in [1.165, 1.54) is 51.1 Å². The minimum absolute atomic E-state index is 0.422. The molecule has 1 aliphatic heterocycles. The van der Waals surface area contributed by atoms with Crippen molar-refractivity contribution in [3.8, 4) is 0 Å². The Kier molecular flexibility index (Phi) is 5.63. The molecule has 1 saturated carbocycles. The standard InChI is InChI=1S/C16H21N.C9H9NO/c1-2-6-13-12(5-1)11-15-14-7-3-4-8-16(13,14)9-10-17-15;10-9(11)7-6-8-4-2-1-3-5-8/h1-2,5-6,14-15,17H,3-4,7-11H2;1-7H,(H2,10,11)/b;7-6+/t14-,15+,16-;/m0./s1. The van der Waals surface area contributed by atoms with Crippen molar-refractivity contribution in [2.45, 2.75) is 50.0 Å². The molecule has 0 aromatic heterocycles. The van der Waals surface area contributed by atoms with E-state index < -0.39 is 5.91 Å². The molecular weight excluding hydrogens is 344 g/mol. The Morgan fingerprint density at radius 3 is 2.64 bits per heavy atom. The molecule has 3 heteroatoms. The Labute approximate surface area is 168 Å². The summed E-state index contributed by atoms with van der Waals surface area (Å²) in [5.41, 5.74) is 9.78. The predicted octanol–water partition coefficient (Wildman–Crippen LogP) is 4.22. The predicted molar refractivity (Wildman–Crippen MR) is 115 cm³/mol. The van der Waals surface area contributed by atoms with Crippen molar-refractivity contribution < 1.29 is 4.79 Å². The Bertz CT molecular complexity index is 841. The molecule has 2 bridgehead atoms. The fourth-order valence-electron chi connectivity index (χ4n) is 5.63. The van der Waals surface area contributed by atoms with Crippen molar-refractivity contribution in [2.24, 2.45) is 11.7 Å². The lowest BCUT2D eigenvalue weighted by atomic mass is 9.53. The van der Waals surface area contributed by atoms with Crippen LogP contribution >= 0.6 is 0 Å². The molecule has 2 aromatic rings. The second-order valence-electron chi connectivity index (χ2n) is 8.33. The number of amides is 1. The molecule has 5 rings (SSSR count). The van der Waals surface area contributed by atoms with Crippen LogP contribution in [0, 0.1) is 5.92 Å². The highest BCUT2D eigenvalue weighted by molar-refractivity contribution is 5.90. The first-order chi connectivity index (χ1) is 13.7. The quantitative estimate of drug-likeness (QED) is 0.774. The summed E-state index contributed by atoms with van der Waals surface area (Å²) in [6.07, 6.45) is 11.4. The lowest BCUT2D eigenvalue weighted by Crippen LogP contribution is -2.59.